The van der Waals surface area contributed by atoms with E-state index in [4.69, 9.17) is 26.2 Å². The largest absolute Gasteiger partial charge is 0.397 e. The normalized spacial score (nSPS) is 13.6. The number of hydrogen-bond donors (Lipinski definition) is 19. The van der Waals surface area contributed by atoms with Crippen LogP contribution in [-0.4, -0.2) is 273 Å². The zero-order valence-corrected chi connectivity index (χ0v) is 85.8. The number of anilines is 4. The number of nitrogens with zero attached hydrogens (tertiary/aromatic N) is 2. The van der Waals surface area contributed by atoms with Gasteiger partial charge in [0.05, 0.1) is 144 Å². The highest BCUT2D eigenvalue weighted by Gasteiger charge is 2.36. The SMILES string of the molecule is Nc1c(I)c(C(=O)CCC(O)CO)c(I)c(C(=O)CCC(O)CO)c1I.O=CN(CC(O)CN(C=O)c1c(I)c(C(=O)CCC(O)CO)c(I)c(C(=O)CCC(O)CO)c1I)c1c(I)c(C(=O)CCC(O)CO)c(I)c(C(=O)CCC(O)CO)c1I.O=CNc1c(I)c(C(=O)CCC(O)CO)c(I)c(C(=O)CCC(O)CO)c1I. The summed E-state index contributed by atoms with van der Waals surface area (Å²) in [6, 6.07) is 0. The Bertz CT molecular complexity index is 3710. The van der Waals surface area contributed by atoms with Crippen LogP contribution in [0, 0.1) is 42.8 Å². The van der Waals surface area contributed by atoms with Crippen LogP contribution in [0.25, 0.3) is 0 Å². The van der Waals surface area contributed by atoms with Crippen LogP contribution in [0.4, 0.5) is 22.7 Å². The quantitative estimate of drug-likeness (QED) is 0.0105. The Morgan fingerprint density at radius 3 is 0.605 bits per heavy atom. The van der Waals surface area contributed by atoms with Crippen LogP contribution in [0.1, 0.15) is 186 Å². The maximum absolute atomic E-state index is 13.7. The first-order chi connectivity index (χ1) is 53.6. The van der Waals surface area contributed by atoms with Crippen molar-refractivity contribution in [2.75, 3.05) is 86.8 Å². The lowest BCUT2D eigenvalue weighted by Gasteiger charge is -2.30. The van der Waals surface area contributed by atoms with E-state index in [9.17, 15) is 119 Å². The van der Waals surface area contributed by atoms with E-state index < -0.39 is 144 Å². The molecule has 0 saturated heterocycles. The molecule has 32 nitrogen and oxygen atoms in total. The molecule has 44 heteroatoms. The molecule has 0 aliphatic rings. The molecule has 8 atom stereocenters. The number of carbonyl (C=O) groups excluding carboxylic acids is 11. The zero-order chi connectivity index (χ0) is 87.0. The first-order valence-corrected chi connectivity index (χ1v) is 47.0. The summed E-state index contributed by atoms with van der Waals surface area (Å²) in [6.07, 6.45) is -10.2. The molecule has 0 aliphatic heterocycles. The Morgan fingerprint density at radius 2 is 0.447 bits per heavy atom. The van der Waals surface area contributed by atoms with Gasteiger partial charge in [-0.3, -0.25) is 52.7 Å². The van der Waals surface area contributed by atoms with Crippen LogP contribution in [0.5, 0.6) is 0 Å². The highest BCUT2D eigenvalue weighted by molar-refractivity contribution is 14.1. The topological polar surface area (TPSA) is 576 Å². The lowest BCUT2D eigenvalue weighted by molar-refractivity contribution is -0.108. The Balaban J connectivity index is 0.000000671. The second kappa shape index (κ2) is 56.5. The summed E-state index contributed by atoms with van der Waals surface area (Å²) < 4.78 is 4.29. The van der Waals surface area contributed by atoms with Gasteiger partial charge in [-0.05, 0) is 322 Å². The Kier molecular flexibility index (Phi) is 54.8. The van der Waals surface area contributed by atoms with E-state index in [0.29, 0.717) is 63.2 Å². The molecule has 0 aliphatic carbocycles. The highest BCUT2D eigenvalue weighted by Crippen LogP contribution is 2.43. The van der Waals surface area contributed by atoms with Gasteiger partial charge in [-0.25, -0.2) is 0 Å². The van der Waals surface area contributed by atoms with E-state index in [2.05, 4.69) is 5.32 Å². The summed E-state index contributed by atoms with van der Waals surface area (Å²) in [6.45, 7) is -5.16. The minimum Gasteiger partial charge on any atom is -0.397 e. The molecule has 4 rings (SSSR count). The molecule has 3 amide bonds. The number of aliphatic hydroxyl groups excluding tert-OH is 17. The van der Waals surface area contributed by atoms with Gasteiger partial charge in [0.15, 0.2) is 46.3 Å². The first-order valence-electron chi connectivity index (χ1n) is 34.1. The number of halogens is 12. The molecule has 0 spiro atoms. The fourth-order valence-corrected chi connectivity index (χ4v) is 29.3. The Hall–Kier alpha value is 0.530. The summed E-state index contributed by atoms with van der Waals surface area (Å²) in [5.74, 6) is -3.26. The van der Waals surface area contributed by atoms with Gasteiger partial charge >= 0.3 is 0 Å². The standard InChI is InChI=1S/C37H44I6N2O15.C17H20I3NO7.C16H20I3NO6/c38-30-26(22(57)5-1-17(52)11-46)32(40)36(33(41)27(30)23(58)6-2-18(53)12-47)44(15-50)9-21(56)10-45(16-51)37-34(42)28(24(59)7-3-19(54)13-48)31(39)29(35(37)43)25(60)8-4-20(55)14-49;18-14-12(10(27)3-1-8(25)5-22)15(19)17(21-7-24)16(20)13(14)11(28)4-2-9(26)6-23;17-13-11(9(25)3-1-7(23)5-21)14(18)16(20)15(19)12(13)10(26)4-2-8(24)6-22/h15-21,46-49,52-56H,1-14H2;7-9,22-23,25-26H,1-6H2,(H,21,24);7-8,21-24H,1-6,20H2. The molecule has 4 aromatic carbocycles. The van der Waals surface area contributed by atoms with Crippen molar-refractivity contribution in [2.45, 2.75) is 158 Å². The Morgan fingerprint density at radius 1 is 0.281 bits per heavy atom. The van der Waals surface area contributed by atoms with E-state index in [-0.39, 0.29) is 192 Å². The smallest absolute Gasteiger partial charge is 0.214 e. The molecule has 636 valence electrons. The lowest BCUT2D eigenvalue weighted by atomic mass is 9.97. The molecule has 0 saturated carbocycles. The third kappa shape index (κ3) is 32.5. The van der Waals surface area contributed by atoms with Gasteiger partial charge < -0.3 is 108 Å². The molecule has 0 aromatic heterocycles. The van der Waals surface area contributed by atoms with Gasteiger partial charge in [0, 0.05) is 139 Å². The van der Waals surface area contributed by atoms with Crippen LogP contribution in [0.3, 0.4) is 0 Å². The molecule has 114 heavy (non-hydrogen) atoms. The predicted molar refractivity (Wildman–Crippen MR) is 519 cm³/mol. The summed E-state index contributed by atoms with van der Waals surface area (Å²) >= 11 is 22.6. The van der Waals surface area contributed by atoms with Crippen molar-refractivity contribution < 1.29 is 140 Å². The van der Waals surface area contributed by atoms with Crippen LogP contribution < -0.4 is 20.9 Å². The van der Waals surface area contributed by atoms with Crippen molar-refractivity contribution in [3.63, 3.8) is 0 Å². The number of benzene rings is 4. The second-order valence-electron chi connectivity index (χ2n) is 25.1. The van der Waals surface area contributed by atoms with Crippen molar-refractivity contribution in [2.24, 2.45) is 0 Å². The van der Waals surface area contributed by atoms with Gasteiger partial charge in [-0.15, -0.1) is 0 Å². The predicted octanol–water partition coefficient (Wildman–Crippen LogP) is 5.98. The lowest BCUT2D eigenvalue weighted by Crippen LogP contribution is -2.41. The van der Waals surface area contributed by atoms with Gasteiger partial charge in [0.2, 0.25) is 19.2 Å². The number of carbonyl (C=O) groups is 11. The molecule has 0 radical (unpaired) electrons. The number of nitrogens with one attached hydrogen (secondary N) is 1. The number of hydrogen-bond acceptors (Lipinski definition) is 29. The number of Topliss-reactive ketones (excluding diaryl/α,β-unsaturated/α-hetero) is 8. The number of aliphatic hydroxyl groups is 17. The van der Waals surface area contributed by atoms with Crippen molar-refractivity contribution >= 4 is 359 Å². The van der Waals surface area contributed by atoms with Crippen molar-refractivity contribution in [1.82, 2.24) is 0 Å². The summed E-state index contributed by atoms with van der Waals surface area (Å²) in [5, 5.41) is 165. The third-order valence-corrected chi connectivity index (χ3v) is 29.6. The van der Waals surface area contributed by atoms with E-state index in [0.717, 1.165) is 9.80 Å². The van der Waals surface area contributed by atoms with Crippen LogP contribution in [0.15, 0.2) is 0 Å². The van der Waals surface area contributed by atoms with E-state index >= 15 is 0 Å². The summed E-state index contributed by atoms with van der Waals surface area (Å²) in [7, 11) is 0. The maximum Gasteiger partial charge on any atom is 0.214 e. The van der Waals surface area contributed by atoms with Gasteiger partial charge in [-0.1, -0.05) is 0 Å². The average Bonchev–Trinajstić information content (AvgIpc) is 0.780. The zero-order valence-electron chi connectivity index (χ0n) is 59.9. The molecule has 8 unspecified atom stereocenters. The van der Waals surface area contributed by atoms with Crippen LogP contribution in [-0.2, 0) is 14.4 Å². The molecule has 0 heterocycles. The fourth-order valence-electron chi connectivity index (χ4n) is 10.3. The monoisotopic (exact) mass is 2950 g/mol. The number of nitrogen functional groups attached to an aromatic ring is 1. The molecule has 0 fully saturated rings. The summed E-state index contributed by atoms with van der Waals surface area (Å²) in [4.78, 5) is 144. The number of amides is 3. The van der Waals surface area contributed by atoms with E-state index in [1.807, 2.05) is 271 Å². The van der Waals surface area contributed by atoms with E-state index in [1.54, 1.807) is 0 Å². The van der Waals surface area contributed by atoms with Crippen LogP contribution in [0.2, 0.25) is 0 Å². The first kappa shape index (κ1) is 111. The number of nitrogens with two attached hydrogens (primary N) is 1. The third-order valence-electron chi connectivity index (χ3n) is 16.7. The molecule has 0 bridgehead atoms. The molecule has 20 N–H and O–H groups in total. The fraction of sp³-hybridized carbons (Fsp3) is 0.500. The van der Waals surface area contributed by atoms with Crippen molar-refractivity contribution in [3.8, 4) is 0 Å². The van der Waals surface area contributed by atoms with Crippen molar-refractivity contribution in [3.05, 3.63) is 87.3 Å². The van der Waals surface area contributed by atoms with Gasteiger partial charge in [-0.2, -0.15) is 0 Å². The molecular weight excluding hydrogens is 2870 g/mol. The minimum absolute atomic E-state index is 0.0185. The summed E-state index contributed by atoms with van der Waals surface area (Å²) in [5.41, 5.74) is 8.24. The second-order valence-corrected chi connectivity index (χ2v) is 38.0. The van der Waals surface area contributed by atoms with Crippen molar-refractivity contribution in [1.29, 1.82) is 0 Å². The van der Waals surface area contributed by atoms with Gasteiger partial charge in [0.1, 0.15) is 0 Å². The van der Waals surface area contributed by atoms with Gasteiger partial charge in [0.25, 0.3) is 0 Å². The minimum atomic E-state index is -1.55. The van der Waals surface area contributed by atoms with Crippen LogP contribution >= 0.6 is 271 Å². The highest BCUT2D eigenvalue weighted by atomic mass is 127. The molecule has 4 aromatic rings. The average molecular weight is 2950 g/mol. The number of ketones is 8. The van der Waals surface area contributed by atoms with E-state index in [1.165, 1.54) is 0 Å². The molecular formula is C70H84I12N4O28. The number of rotatable bonds is 50. The Labute approximate surface area is 818 Å². The maximum atomic E-state index is 13.7.